The number of nitrogens with zero attached hydrogens (tertiary/aromatic N) is 4. The number of likely N-dealkylation sites (tertiary alicyclic amines) is 1. The monoisotopic (exact) mass is 347 g/mol. The average Bonchev–Trinajstić information content (AvgIpc) is 3.09. The first kappa shape index (κ1) is 16.4. The van der Waals surface area contributed by atoms with E-state index < -0.39 is 5.92 Å². The Morgan fingerprint density at radius 1 is 1.42 bits per heavy atom. The summed E-state index contributed by atoms with van der Waals surface area (Å²) in [4.78, 5) is 30.4. The van der Waals surface area contributed by atoms with Crippen molar-refractivity contribution in [1.29, 1.82) is 0 Å². The van der Waals surface area contributed by atoms with Gasteiger partial charge in [-0.25, -0.2) is 4.98 Å². The van der Waals surface area contributed by atoms with Crippen molar-refractivity contribution in [3.8, 4) is 0 Å². The number of amides is 2. The fourth-order valence-corrected chi connectivity index (χ4v) is 3.21. The summed E-state index contributed by atoms with van der Waals surface area (Å²) < 4.78 is 1.57. The smallest absolute Gasteiger partial charge is 0.226 e. The average molecular weight is 348 g/mol. The van der Waals surface area contributed by atoms with Crippen LogP contribution in [0, 0.1) is 5.92 Å². The van der Waals surface area contributed by atoms with E-state index in [0.717, 1.165) is 5.56 Å². The SMILES string of the molecule is CN1C(=O)C[C@@H](C(=O)NCc2ncn(C)n2)[C@@H]1c1cccc(Cl)c1. The Balaban J connectivity index is 1.76. The highest BCUT2D eigenvalue weighted by atomic mass is 35.5. The quantitative estimate of drug-likeness (QED) is 0.904. The molecule has 3 rings (SSSR count). The Bertz CT molecular complexity index is 775. The largest absolute Gasteiger partial charge is 0.348 e. The molecule has 0 bridgehead atoms. The van der Waals surface area contributed by atoms with Crippen molar-refractivity contribution in [2.75, 3.05) is 7.05 Å². The van der Waals surface area contributed by atoms with Gasteiger partial charge in [-0.3, -0.25) is 14.3 Å². The first-order chi connectivity index (χ1) is 11.5. The molecule has 1 aliphatic rings. The summed E-state index contributed by atoms with van der Waals surface area (Å²) in [5, 5.41) is 7.53. The van der Waals surface area contributed by atoms with Gasteiger partial charge in [0.1, 0.15) is 6.33 Å². The Morgan fingerprint density at radius 3 is 2.88 bits per heavy atom. The lowest BCUT2D eigenvalue weighted by Gasteiger charge is -2.25. The number of benzene rings is 1. The van der Waals surface area contributed by atoms with E-state index in [1.807, 2.05) is 12.1 Å². The first-order valence-corrected chi connectivity index (χ1v) is 7.97. The summed E-state index contributed by atoms with van der Waals surface area (Å²) in [5.74, 6) is -0.186. The topological polar surface area (TPSA) is 80.1 Å². The van der Waals surface area contributed by atoms with Crippen molar-refractivity contribution in [3.63, 3.8) is 0 Å². The standard InChI is InChI=1S/C16H18ClN5O2/c1-21-9-19-13(20-21)8-18-16(24)12-7-14(23)22(2)15(12)10-4-3-5-11(17)6-10/h3-6,9,12,15H,7-8H2,1-2H3,(H,18,24)/t12-,15+/m1/s1. The van der Waals surface area contributed by atoms with Crippen LogP contribution in [0.5, 0.6) is 0 Å². The first-order valence-electron chi connectivity index (χ1n) is 7.59. The van der Waals surface area contributed by atoms with Gasteiger partial charge in [0.2, 0.25) is 11.8 Å². The van der Waals surface area contributed by atoms with E-state index in [4.69, 9.17) is 11.6 Å². The van der Waals surface area contributed by atoms with Crippen LogP contribution < -0.4 is 5.32 Å². The van der Waals surface area contributed by atoms with Gasteiger partial charge >= 0.3 is 0 Å². The van der Waals surface area contributed by atoms with Gasteiger partial charge in [-0.2, -0.15) is 5.10 Å². The molecule has 24 heavy (non-hydrogen) atoms. The van der Waals surface area contributed by atoms with E-state index in [1.165, 1.54) is 0 Å². The molecule has 0 radical (unpaired) electrons. The summed E-state index contributed by atoms with van der Waals surface area (Å²) in [5.41, 5.74) is 0.854. The van der Waals surface area contributed by atoms with Crippen molar-refractivity contribution in [2.24, 2.45) is 13.0 Å². The number of hydrogen-bond donors (Lipinski definition) is 1. The Labute approximate surface area is 144 Å². The third kappa shape index (κ3) is 3.26. The van der Waals surface area contributed by atoms with Gasteiger partial charge in [0.15, 0.2) is 5.82 Å². The van der Waals surface area contributed by atoms with Gasteiger partial charge < -0.3 is 10.2 Å². The van der Waals surface area contributed by atoms with Gasteiger partial charge in [0.25, 0.3) is 0 Å². The van der Waals surface area contributed by atoms with Crippen LogP contribution in [0.1, 0.15) is 23.9 Å². The fourth-order valence-electron chi connectivity index (χ4n) is 3.01. The minimum atomic E-state index is -0.468. The van der Waals surface area contributed by atoms with Gasteiger partial charge in [-0.15, -0.1) is 0 Å². The minimum Gasteiger partial charge on any atom is -0.348 e. The van der Waals surface area contributed by atoms with Crippen LogP contribution >= 0.6 is 11.6 Å². The normalized spacial score (nSPS) is 20.5. The lowest BCUT2D eigenvalue weighted by molar-refractivity contribution is -0.128. The molecule has 1 saturated heterocycles. The van der Waals surface area contributed by atoms with Crippen molar-refractivity contribution < 1.29 is 9.59 Å². The molecule has 0 aliphatic carbocycles. The maximum Gasteiger partial charge on any atom is 0.226 e. The molecule has 8 heteroatoms. The zero-order chi connectivity index (χ0) is 17.3. The summed E-state index contributed by atoms with van der Waals surface area (Å²) in [7, 11) is 3.47. The zero-order valence-corrected chi connectivity index (χ0v) is 14.2. The van der Waals surface area contributed by atoms with Gasteiger partial charge in [-0.1, -0.05) is 23.7 Å². The highest BCUT2D eigenvalue weighted by Gasteiger charge is 2.42. The molecule has 1 N–H and O–H groups in total. The van der Waals surface area contributed by atoms with Gasteiger partial charge in [0, 0.05) is 25.5 Å². The van der Waals surface area contributed by atoms with Crippen LogP contribution in [0.2, 0.25) is 5.02 Å². The predicted molar refractivity (Wildman–Crippen MR) is 87.9 cm³/mol. The lowest BCUT2D eigenvalue weighted by atomic mass is 9.93. The van der Waals surface area contributed by atoms with Crippen LogP contribution in [-0.4, -0.2) is 38.5 Å². The molecule has 0 spiro atoms. The molecular weight excluding hydrogens is 330 g/mol. The van der Waals surface area contributed by atoms with Gasteiger partial charge in [-0.05, 0) is 17.7 Å². The second-order valence-electron chi connectivity index (χ2n) is 5.87. The number of carbonyl (C=O) groups excluding carboxylic acids is 2. The van der Waals surface area contributed by atoms with E-state index in [0.29, 0.717) is 10.8 Å². The van der Waals surface area contributed by atoms with Crippen LogP contribution in [0.3, 0.4) is 0 Å². The van der Waals surface area contributed by atoms with Crippen LogP contribution in [0.4, 0.5) is 0 Å². The molecule has 1 aromatic heterocycles. The number of carbonyl (C=O) groups is 2. The number of aromatic nitrogens is 3. The third-order valence-corrected chi connectivity index (χ3v) is 4.42. The van der Waals surface area contributed by atoms with E-state index in [-0.39, 0.29) is 30.8 Å². The van der Waals surface area contributed by atoms with E-state index in [2.05, 4.69) is 15.4 Å². The Hall–Kier alpha value is -2.41. The molecule has 1 fully saturated rings. The Morgan fingerprint density at radius 2 is 2.21 bits per heavy atom. The molecule has 2 heterocycles. The highest BCUT2D eigenvalue weighted by molar-refractivity contribution is 6.30. The summed E-state index contributed by atoms with van der Waals surface area (Å²) in [6.45, 7) is 0.232. The lowest BCUT2D eigenvalue weighted by Crippen LogP contribution is -2.34. The van der Waals surface area contributed by atoms with E-state index in [1.54, 1.807) is 42.1 Å². The zero-order valence-electron chi connectivity index (χ0n) is 13.4. The highest BCUT2D eigenvalue weighted by Crippen LogP contribution is 2.37. The second kappa shape index (κ2) is 6.60. The van der Waals surface area contributed by atoms with Crippen LogP contribution in [-0.2, 0) is 23.2 Å². The van der Waals surface area contributed by atoms with Crippen LogP contribution in [0.25, 0.3) is 0 Å². The summed E-state index contributed by atoms with van der Waals surface area (Å²) >= 11 is 6.06. The molecule has 1 aliphatic heterocycles. The Kier molecular flexibility index (Phi) is 4.53. The number of rotatable bonds is 4. The van der Waals surface area contributed by atoms with Crippen molar-refractivity contribution >= 4 is 23.4 Å². The molecule has 1 aromatic carbocycles. The minimum absolute atomic E-state index is 0.0592. The van der Waals surface area contributed by atoms with Gasteiger partial charge in [0.05, 0.1) is 18.5 Å². The van der Waals surface area contributed by atoms with Crippen molar-refractivity contribution in [1.82, 2.24) is 25.0 Å². The number of hydrogen-bond acceptors (Lipinski definition) is 4. The molecule has 7 nitrogen and oxygen atoms in total. The van der Waals surface area contributed by atoms with E-state index in [9.17, 15) is 9.59 Å². The molecule has 2 amide bonds. The number of halogens is 1. The summed E-state index contributed by atoms with van der Waals surface area (Å²) in [6, 6.07) is 6.94. The second-order valence-corrected chi connectivity index (χ2v) is 6.30. The molecule has 2 aromatic rings. The number of aryl methyl sites for hydroxylation is 1. The fraction of sp³-hybridized carbons (Fsp3) is 0.375. The predicted octanol–water partition coefficient (Wildman–Crippen LogP) is 1.30. The van der Waals surface area contributed by atoms with E-state index >= 15 is 0 Å². The molecule has 0 unspecified atom stereocenters. The molecular formula is C16H18ClN5O2. The number of nitrogens with one attached hydrogen (secondary N) is 1. The van der Waals surface area contributed by atoms with Crippen molar-refractivity contribution in [2.45, 2.75) is 19.0 Å². The molecule has 0 saturated carbocycles. The summed E-state index contributed by atoms with van der Waals surface area (Å²) in [6.07, 6.45) is 1.75. The maximum atomic E-state index is 12.6. The molecule has 126 valence electrons. The maximum absolute atomic E-state index is 12.6. The molecule has 2 atom stereocenters. The third-order valence-electron chi connectivity index (χ3n) is 4.18. The van der Waals surface area contributed by atoms with Crippen molar-refractivity contribution in [3.05, 3.63) is 47.0 Å². The van der Waals surface area contributed by atoms with Crippen LogP contribution in [0.15, 0.2) is 30.6 Å².